The van der Waals surface area contributed by atoms with E-state index in [4.69, 9.17) is 27.9 Å². The highest BCUT2D eigenvalue weighted by atomic mass is 35.5. The quantitative estimate of drug-likeness (QED) is 0.720. The Morgan fingerprint density at radius 3 is 2.62 bits per heavy atom. The highest BCUT2D eigenvalue weighted by Crippen LogP contribution is 2.31. The largest absolute Gasteiger partial charge is 0.494 e. The molecule has 70 valence electrons. The van der Waals surface area contributed by atoms with Crippen molar-refractivity contribution in [3.63, 3.8) is 0 Å². The van der Waals surface area contributed by atoms with Crippen molar-refractivity contribution >= 4 is 28.4 Å². The number of rotatable bonds is 2. The van der Waals surface area contributed by atoms with Crippen molar-refractivity contribution in [2.75, 3.05) is 7.11 Å². The first kappa shape index (κ1) is 10.3. The number of hydrogen-bond donors (Lipinski definition) is 0. The Labute approximate surface area is 84.2 Å². The second kappa shape index (κ2) is 3.94. The number of ether oxygens (including phenoxy) is 1. The maximum absolute atomic E-state index is 12.8. The van der Waals surface area contributed by atoms with E-state index >= 15 is 0 Å². The number of benzene rings is 1. The van der Waals surface area contributed by atoms with Crippen LogP contribution in [0.3, 0.4) is 0 Å². The molecule has 0 saturated carbocycles. The lowest BCUT2D eigenvalue weighted by Gasteiger charge is -2.06. The molecule has 13 heavy (non-hydrogen) atoms. The van der Waals surface area contributed by atoms with Crippen LogP contribution in [0.25, 0.3) is 0 Å². The standard InChI is InChI=1S/C8H5Cl2FO2/c1-13-7-4(8(10)12)2-3-5(11)6(7)9/h2-3H,1H3. The minimum Gasteiger partial charge on any atom is -0.494 e. The number of carbonyl (C=O) groups is 1. The molecule has 0 amide bonds. The van der Waals surface area contributed by atoms with Gasteiger partial charge in [0.2, 0.25) is 0 Å². The lowest BCUT2D eigenvalue weighted by atomic mass is 10.2. The summed E-state index contributed by atoms with van der Waals surface area (Å²) in [5.74, 6) is -0.693. The molecule has 0 spiro atoms. The second-order valence-corrected chi connectivity index (χ2v) is 2.94. The number of methoxy groups -OCH3 is 1. The molecule has 0 aliphatic heterocycles. The minimum atomic E-state index is -0.737. The van der Waals surface area contributed by atoms with Gasteiger partial charge >= 0.3 is 0 Å². The average Bonchev–Trinajstić information content (AvgIpc) is 2.09. The summed E-state index contributed by atoms with van der Waals surface area (Å²) in [5.41, 5.74) is 0.0515. The van der Waals surface area contributed by atoms with E-state index in [9.17, 15) is 9.18 Å². The van der Waals surface area contributed by atoms with Gasteiger partial charge in [-0.15, -0.1) is 0 Å². The Kier molecular flexibility index (Phi) is 3.12. The van der Waals surface area contributed by atoms with Crippen molar-refractivity contribution in [3.05, 3.63) is 28.5 Å². The van der Waals surface area contributed by atoms with Gasteiger partial charge in [0.05, 0.1) is 12.7 Å². The van der Waals surface area contributed by atoms with Crippen LogP contribution >= 0.6 is 23.2 Å². The van der Waals surface area contributed by atoms with E-state index < -0.39 is 11.1 Å². The van der Waals surface area contributed by atoms with Crippen molar-refractivity contribution in [2.45, 2.75) is 0 Å². The number of halogens is 3. The topological polar surface area (TPSA) is 26.3 Å². The van der Waals surface area contributed by atoms with Gasteiger partial charge in [-0.3, -0.25) is 4.79 Å². The molecule has 1 aromatic carbocycles. The Bertz CT molecular complexity index is 352. The van der Waals surface area contributed by atoms with Crippen LogP contribution < -0.4 is 4.74 Å². The lowest BCUT2D eigenvalue weighted by molar-refractivity contribution is 0.107. The zero-order valence-corrected chi connectivity index (χ0v) is 8.12. The normalized spacial score (nSPS) is 9.85. The monoisotopic (exact) mass is 222 g/mol. The molecule has 0 N–H and O–H groups in total. The molecule has 0 unspecified atom stereocenters. The summed E-state index contributed by atoms with van der Waals surface area (Å²) in [6, 6.07) is 2.27. The average molecular weight is 223 g/mol. The summed E-state index contributed by atoms with van der Waals surface area (Å²) in [5, 5.41) is -0.979. The van der Waals surface area contributed by atoms with Crippen LogP contribution in [0.1, 0.15) is 10.4 Å². The van der Waals surface area contributed by atoms with Gasteiger partial charge < -0.3 is 4.74 Å². The summed E-state index contributed by atoms with van der Waals surface area (Å²) in [7, 11) is 1.28. The Morgan fingerprint density at radius 2 is 2.15 bits per heavy atom. The zero-order valence-electron chi connectivity index (χ0n) is 6.61. The Hall–Kier alpha value is -0.800. The van der Waals surface area contributed by atoms with E-state index in [2.05, 4.69) is 0 Å². The van der Waals surface area contributed by atoms with Gasteiger partial charge in [-0.05, 0) is 23.7 Å². The molecule has 1 rings (SSSR count). The van der Waals surface area contributed by atoms with Crippen LogP contribution in [-0.2, 0) is 0 Å². The predicted molar refractivity (Wildman–Crippen MR) is 48.1 cm³/mol. The highest BCUT2D eigenvalue weighted by molar-refractivity contribution is 6.68. The van der Waals surface area contributed by atoms with E-state index in [0.717, 1.165) is 6.07 Å². The minimum absolute atomic E-state index is 0.0401. The highest BCUT2D eigenvalue weighted by Gasteiger charge is 2.16. The van der Waals surface area contributed by atoms with E-state index in [0.29, 0.717) is 0 Å². The molecule has 0 fully saturated rings. The predicted octanol–water partition coefficient (Wildman–Crippen LogP) is 2.87. The molecule has 0 saturated heterocycles. The van der Waals surface area contributed by atoms with Gasteiger partial charge in [0.1, 0.15) is 10.8 Å². The van der Waals surface area contributed by atoms with Crippen molar-refractivity contribution < 1.29 is 13.9 Å². The van der Waals surface area contributed by atoms with Crippen molar-refractivity contribution in [2.24, 2.45) is 0 Å². The SMILES string of the molecule is COc1c(C(=O)Cl)ccc(F)c1Cl. The number of hydrogen-bond acceptors (Lipinski definition) is 2. The van der Waals surface area contributed by atoms with Crippen molar-refractivity contribution in [1.29, 1.82) is 0 Å². The van der Waals surface area contributed by atoms with Crippen LogP contribution in [0.2, 0.25) is 5.02 Å². The zero-order chi connectivity index (χ0) is 10.0. The fourth-order valence-corrected chi connectivity index (χ4v) is 1.28. The summed E-state index contributed by atoms with van der Waals surface area (Å²) >= 11 is 10.7. The van der Waals surface area contributed by atoms with Crippen LogP contribution in [0, 0.1) is 5.82 Å². The van der Waals surface area contributed by atoms with Crippen LogP contribution in [0.5, 0.6) is 5.75 Å². The first-order valence-electron chi connectivity index (χ1n) is 3.29. The fraction of sp³-hybridized carbons (Fsp3) is 0.125. The number of carbonyl (C=O) groups excluding carboxylic acids is 1. The van der Waals surface area contributed by atoms with Gasteiger partial charge in [-0.1, -0.05) is 11.6 Å². The first-order valence-corrected chi connectivity index (χ1v) is 4.05. The van der Waals surface area contributed by atoms with Crippen molar-refractivity contribution in [1.82, 2.24) is 0 Å². The van der Waals surface area contributed by atoms with E-state index in [1.165, 1.54) is 13.2 Å². The fourth-order valence-electron chi connectivity index (χ4n) is 0.886. The molecule has 0 aliphatic rings. The molecule has 1 aromatic rings. The third-order valence-electron chi connectivity index (χ3n) is 1.47. The van der Waals surface area contributed by atoms with Gasteiger partial charge in [0, 0.05) is 0 Å². The summed E-state index contributed by atoms with van der Waals surface area (Å²) in [6.07, 6.45) is 0. The molecular formula is C8H5Cl2FO2. The van der Waals surface area contributed by atoms with Gasteiger partial charge in [-0.25, -0.2) is 4.39 Å². The molecule has 0 aliphatic carbocycles. The molecule has 5 heteroatoms. The third kappa shape index (κ3) is 1.92. The molecule has 2 nitrogen and oxygen atoms in total. The van der Waals surface area contributed by atoms with Crippen LogP contribution in [0.4, 0.5) is 4.39 Å². The molecule has 0 heterocycles. The lowest BCUT2D eigenvalue weighted by Crippen LogP contribution is -1.97. The third-order valence-corrected chi connectivity index (χ3v) is 2.02. The first-order chi connectivity index (χ1) is 6.07. The maximum atomic E-state index is 12.8. The van der Waals surface area contributed by atoms with Gasteiger partial charge in [0.25, 0.3) is 5.24 Å². The van der Waals surface area contributed by atoms with E-state index in [1.54, 1.807) is 0 Å². The maximum Gasteiger partial charge on any atom is 0.256 e. The molecule has 0 bridgehead atoms. The van der Waals surface area contributed by atoms with Crippen LogP contribution in [-0.4, -0.2) is 12.4 Å². The Balaban J connectivity index is 3.38. The molecular weight excluding hydrogens is 218 g/mol. The summed E-state index contributed by atoms with van der Waals surface area (Å²) in [4.78, 5) is 10.8. The smallest absolute Gasteiger partial charge is 0.256 e. The summed E-state index contributed by atoms with van der Waals surface area (Å²) in [6.45, 7) is 0. The van der Waals surface area contributed by atoms with E-state index in [-0.39, 0.29) is 16.3 Å². The van der Waals surface area contributed by atoms with Crippen LogP contribution in [0.15, 0.2) is 12.1 Å². The molecule has 0 aromatic heterocycles. The second-order valence-electron chi connectivity index (χ2n) is 2.22. The van der Waals surface area contributed by atoms with Gasteiger partial charge in [-0.2, -0.15) is 0 Å². The Morgan fingerprint density at radius 1 is 1.54 bits per heavy atom. The van der Waals surface area contributed by atoms with E-state index in [1.807, 2.05) is 0 Å². The van der Waals surface area contributed by atoms with Crippen molar-refractivity contribution in [3.8, 4) is 5.75 Å². The molecule has 0 atom stereocenters. The summed E-state index contributed by atoms with van der Waals surface area (Å²) < 4.78 is 17.6. The van der Waals surface area contributed by atoms with Gasteiger partial charge in [0.15, 0.2) is 5.75 Å². The molecule has 0 radical (unpaired) electrons.